The average Bonchev–Trinajstić information content (AvgIpc) is 3.39. The van der Waals surface area contributed by atoms with E-state index in [1.807, 2.05) is 40.5 Å². The highest BCUT2D eigenvalue weighted by molar-refractivity contribution is 7.12. The zero-order valence-electron chi connectivity index (χ0n) is 15.7. The highest BCUT2D eigenvalue weighted by Crippen LogP contribution is 2.34. The Morgan fingerprint density at radius 1 is 1.24 bits per heavy atom. The lowest BCUT2D eigenvalue weighted by atomic mass is 10.1. The van der Waals surface area contributed by atoms with E-state index in [4.69, 9.17) is 16.3 Å². The lowest BCUT2D eigenvalue weighted by Gasteiger charge is -2.08. The van der Waals surface area contributed by atoms with Gasteiger partial charge in [0.05, 0.1) is 17.9 Å². The standard InChI is InChI=1S/C20H15ClN6OS/c1-12-8-22-19(29-12)6-4-15-17-9-26-18(10-28-2)24-25-20(26)14-7-13(21)3-5-16(14)27(17)11-23-15/h3,5,7-8,11H,9-10H2,1-2H3. The third-order valence-corrected chi connectivity index (χ3v) is 5.71. The van der Waals surface area contributed by atoms with Crippen molar-refractivity contribution in [1.82, 2.24) is 29.3 Å². The van der Waals surface area contributed by atoms with E-state index in [0.29, 0.717) is 23.9 Å². The van der Waals surface area contributed by atoms with Crippen LogP contribution in [0.4, 0.5) is 0 Å². The topological polar surface area (TPSA) is 70.7 Å². The molecule has 1 aliphatic heterocycles. The number of thiazole rings is 1. The van der Waals surface area contributed by atoms with Gasteiger partial charge in [0.25, 0.3) is 0 Å². The van der Waals surface area contributed by atoms with Gasteiger partial charge in [-0.25, -0.2) is 9.97 Å². The average molecular weight is 423 g/mol. The summed E-state index contributed by atoms with van der Waals surface area (Å²) < 4.78 is 9.37. The van der Waals surface area contributed by atoms with Gasteiger partial charge in [0.2, 0.25) is 0 Å². The summed E-state index contributed by atoms with van der Waals surface area (Å²) in [4.78, 5) is 10.0. The van der Waals surface area contributed by atoms with Crippen LogP contribution in [0.1, 0.15) is 27.1 Å². The lowest BCUT2D eigenvalue weighted by molar-refractivity contribution is 0.174. The van der Waals surface area contributed by atoms with Gasteiger partial charge in [0.1, 0.15) is 18.6 Å². The number of hydrogen-bond donors (Lipinski definition) is 0. The van der Waals surface area contributed by atoms with Gasteiger partial charge in [-0.15, -0.1) is 21.5 Å². The molecule has 9 heteroatoms. The predicted octanol–water partition coefficient (Wildman–Crippen LogP) is 3.46. The number of benzene rings is 1. The highest BCUT2D eigenvalue weighted by Gasteiger charge is 2.25. The summed E-state index contributed by atoms with van der Waals surface area (Å²) in [7, 11) is 1.64. The summed E-state index contributed by atoms with van der Waals surface area (Å²) >= 11 is 7.85. The van der Waals surface area contributed by atoms with Crippen molar-refractivity contribution >= 4 is 22.9 Å². The number of hydrogen-bond acceptors (Lipinski definition) is 6. The first-order valence-electron chi connectivity index (χ1n) is 8.86. The number of nitrogens with zero attached hydrogens (tertiary/aromatic N) is 6. The summed E-state index contributed by atoms with van der Waals surface area (Å²) in [6.07, 6.45) is 3.61. The quantitative estimate of drug-likeness (QED) is 0.407. The van der Waals surface area contributed by atoms with Gasteiger partial charge in [-0.1, -0.05) is 11.6 Å². The molecule has 0 radical (unpaired) electrons. The van der Waals surface area contributed by atoms with Crippen LogP contribution < -0.4 is 0 Å². The first-order valence-corrected chi connectivity index (χ1v) is 10.1. The molecule has 0 fully saturated rings. The van der Waals surface area contributed by atoms with Crippen LogP contribution in [0.2, 0.25) is 5.02 Å². The maximum absolute atomic E-state index is 6.28. The molecule has 0 atom stereocenters. The Morgan fingerprint density at radius 2 is 2.14 bits per heavy atom. The number of methoxy groups -OCH3 is 1. The fourth-order valence-electron chi connectivity index (χ4n) is 3.35. The zero-order valence-corrected chi connectivity index (χ0v) is 17.3. The molecule has 1 aliphatic rings. The Balaban J connectivity index is 1.69. The first-order chi connectivity index (χ1) is 14.1. The van der Waals surface area contributed by atoms with Gasteiger partial charge in [-0.2, -0.15) is 0 Å². The van der Waals surface area contributed by atoms with Gasteiger partial charge >= 0.3 is 0 Å². The third kappa shape index (κ3) is 3.13. The highest BCUT2D eigenvalue weighted by atomic mass is 35.5. The Hall–Kier alpha value is -2.99. The Morgan fingerprint density at radius 3 is 2.93 bits per heavy atom. The molecule has 29 heavy (non-hydrogen) atoms. The first kappa shape index (κ1) is 18.1. The van der Waals surface area contributed by atoms with Gasteiger partial charge in [0.15, 0.2) is 16.7 Å². The van der Waals surface area contributed by atoms with Gasteiger partial charge < -0.3 is 9.30 Å². The van der Waals surface area contributed by atoms with Crippen LogP contribution in [0, 0.1) is 18.8 Å². The van der Waals surface area contributed by atoms with Crippen molar-refractivity contribution in [3.8, 4) is 28.9 Å². The van der Waals surface area contributed by atoms with E-state index >= 15 is 0 Å². The molecule has 0 saturated carbocycles. The van der Waals surface area contributed by atoms with Crippen LogP contribution in [0.15, 0.2) is 30.7 Å². The summed E-state index contributed by atoms with van der Waals surface area (Å²) in [6, 6.07) is 5.72. The largest absolute Gasteiger partial charge is 0.377 e. The van der Waals surface area contributed by atoms with Gasteiger partial charge in [-0.05, 0) is 37.0 Å². The second-order valence-corrected chi connectivity index (χ2v) is 8.23. The number of fused-ring (bicyclic) bond motifs is 5. The van der Waals surface area contributed by atoms with E-state index in [1.165, 1.54) is 0 Å². The smallest absolute Gasteiger partial charge is 0.167 e. The molecule has 0 unspecified atom stereocenters. The van der Waals surface area contributed by atoms with Gasteiger partial charge in [0, 0.05) is 28.8 Å². The van der Waals surface area contributed by atoms with Crippen molar-refractivity contribution in [2.75, 3.05) is 7.11 Å². The predicted molar refractivity (Wildman–Crippen MR) is 110 cm³/mol. The molecular weight excluding hydrogens is 408 g/mol. The SMILES string of the molecule is COCc1nnc2n1Cc1c(C#Cc3ncc(C)s3)ncn1-c1ccc(Cl)cc1-2. The maximum Gasteiger partial charge on any atom is 0.167 e. The lowest BCUT2D eigenvalue weighted by Crippen LogP contribution is -2.09. The number of aryl methyl sites for hydroxylation is 1. The van der Waals surface area contributed by atoms with E-state index in [1.54, 1.807) is 24.8 Å². The molecule has 0 aliphatic carbocycles. The fraction of sp³-hybridized carbons (Fsp3) is 0.200. The molecule has 0 N–H and O–H groups in total. The van der Waals surface area contributed by atoms with Crippen LogP contribution in [0.25, 0.3) is 17.1 Å². The van der Waals surface area contributed by atoms with Crippen LogP contribution in [0.3, 0.4) is 0 Å². The molecule has 5 rings (SSSR count). The normalized spacial score (nSPS) is 11.8. The summed E-state index contributed by atoms with van der Waals surface area (Å²) in [6.45, 7) is 2.89. The van der Waals surface area contributed by atoms with Crippen LogP contribution in [-0.2, 0) is 17.9 Å². The second kappa shape index (κ2) is 7.12. The van der Waals surface area contributed by atoms with Crippen molar-refractivity contribution in [2.24, 2.45) is 0 Å². The van der Waals surface area contributed by atoms with E-state index in [0.717, 1.165) is 38.5 Å². The summed E-state index contributed by atoms with van der Waals surface area (Å²) in [5, 5.41) is 10.1. The number of halogens is 1. The third-order valence-electron chi connectivity index (χ3n) is 4.64. The van der Waals surface area contributed by atoms with Crippen LogP contribution >= 0.6 is 22.9 Å². The van der Waals surface area contributed by atoms with E-state index < -0.39 is 0 Å². The number of ether oxygens (including phenoxy) is 1. The number of rotatable bonds is 2. The van der Waals surface area contributed by atoms with Gasteiger partial charge in [-0.3, -0.25) is 4.57 Å². The summed E-state index contributed by atoms with van der Waals surface area (Å²) in [5.41, 5.74) is 3.47. The molecule has 0 spiro atoms. The minimum Gasteiger partial charge on any atom is -0.377 e. The van der Waals surface area contributed by atoms with Crippen LogP contribution in [0.5, 0.6) is 0 Å². The zero-order chi connectivity index (χ0) is 20.0. The molecule has 0 amide bonds. The Kier molecular flexibility index (Phi) is 4.43. The van der Waals surface area contributed by atoms with E-state index in [2.05, 4.69) is 32.0 Å². The minimum absolute atomic E-state index is 0.358. The molecule has 3 aromatic heterocycles. The molecule has 7 nitrogen and oxygen atoms in total. The van der Waals surface area contributed by atoms with E-state index in [9.17, 15) is 0 Å². The molecule has 0 bridgehead atoms. The molecule has 4 aromatic rings. The van der Waals surface area contributed by atoms with Crippen molar-refractivity contribution in [3.63, 3.8) is 0 Å². The molecule has 1 aromatic carbocycles. The summed E-state index contributed by atoms with van der Waals surface area (Å²) in [5.74, 6) is 7.78. The second-order valence-electron chi connectivity index (χ2n) is 6.56. The van der Waals surface area contributed by atoms with Crippen molar-refractivity contribution in [1.29, 1.82) is 0 Å². The fourth-order valence-corrected chi connectivity index (χ4v) is 4.14. The molecule has 4 heterocycles. The molecular formula is C20H15ClN6OS. The van der Waals surface area contributed by atoms with Crippen molar-refractivity contribution in [3.05, 3.63) is 62.8 Å². The molecule has 0 saturated heterocycles. The van der Waals surface area contributed by atoms with Crippen molar-refractivity contribution in [2.45, 2.75) is 20.1 Å². The Bertz CT molecular complexity index is 1290. The number of aromatic nitrogens is 6. The monoisotopic (exact) mass is 422 g/mol. The van der Waals surface area contributed by atoms with Crippen LogP contribution in [-0.4, -0.2) is 36.4 Å². The minimum atomic E-state index is 0.358. The van der Waals surface area contributed by atoms with E-state index in [-0.39, 0.29) is 0 Å². The Labute approximate surface area is 176 Å². The number of imidazole rings is 1. The maximum atomic E-state index is 6.28. The molecule has 144 valence electrons. The van der Waals surface area contributed by atoms with Crippen molar-refractivity contribution < 1.29 is 4.74 Å².